The van der Waals surface area contributed by atoms with E-state index < -0.39 is 5.97 Å². The van der Waals surface area contributed by atoms with Crippen molar-refractivity contribution in [2.75, 3.05) is 13.4 Å². The van der Waals surface area contributed by atoms with E-state index in [0.717, 1.165) is 10.0 Å². The normalized spacial score (nSPS) is 12.4. The largest absolute Gasteiger partial charge is 0.461 e. The molecular weight excluding hydrogens is 426 g/mol. The van der Waals surface area contributed by atoms with E-state index in [4.69, 9.17) is 18.7 Å². The standard InChI is InChI=1S/C16H12BrN3O5S/c1-2-22-16(21)15-18-10(6-26-15)14-19-13(20-25-14)4-8-3-11-12(5-9(8)17)24-7-23-11/h3,5-6H,2,4,7H2,1H3. The first-order chi connectivity index (χ1) is 12.6. The smallest absolute Gasteiger partial charge is 0.367 e. The number of hydrogen-bond acceptors (Lipinski definition) is 9. The SMILES string of the molecule is CCOC(=O)c1nc(-c2nc(Cc3cc4c(cc3Br)OCO4)no2)cs1. The number of thiazole rings is 1. The Hall–Kier alpha value is -2.46. The maximum atomic E-state index is 11.7. The van der Waals surface area contributed by atoms with Gasteiger partial charge in [0, 0.05) is 16.3 Å². The third-order valence-electron chi connectivity index (χ3n) is 3.53. The lowest BCUT2D eigenvalue weighted by Gasteiger charge is -2.03. The van der Waals surface area contributed by atoms with Crippen LogP contribution >= 0.6 is 27.3 Å². The van der Waals surface area contributed by atoms with Gasteiger partial charge in [-0.05, 0) is 24.6 Å². The molecule has 0 N–H and O–H groups in total. The number of rotatable bonds is 5. The van der Waals surface area contributed by atoms with Crippen LogP contribution in [0.5, 0.6) is 11.5 Å². The van der Waals surface area contributed by atoms with Crippen LogP contribution in [0.4, 0.5) is 0 Å². The van der Waals surface area contributed by atoms with Gasteiger partial charge in [-0.15, -0.1) is 11.3 Å². The number of esters is 1. The number of benzene rings is 1. The average Bonchev–Trinajstić information content (AvgIpc) is 3.35. The highest BCUT2D eigenvalue weighted by Gasteiger charge is 2.20. The number of carbonyl (C=O) groups is 1. The Morgan fingerprint density at radius 2 is 2.12 bits per heavy atom. The monoisotopic (exact) mass is 437 g/mol. The van der Waals surface area contributed by atoms with Crippen molar-refractivity contribution >= 4 is 33.2 Å². The highest BCUT2D eigenvalue weighted by molar-refractivity contribution is 9.10. The fourth-order valence-corrected chi connectivity index (χ4v) is 3.50. The zero-order valence-electron chi connectivity index (χ0n) is 13.5. The quantitative estimate of drug-likeness (QED) is 0.559. The maximum absolute atomic E-state index is 11.7. The molecular formula is C16H12BrN3O5S. The molecule has 0 atom stereocenters. The van der Waals surface area contributed by atoms with Crippen LogP contribution in [0.2, 0.25) is 0 Å². The molecule has 0 spiro atoms. The number of carbonyl (C=O) groups excluding carboxylic acids is 1. The van der Waals surface area contributed by atoms with Crippen LogP contribution in [0, 0.1) is 0 Å². The van der Waals surface area contributed by atoms with E-state index in [2.05, 4.69) is 31.1 Å². The number of ether oxygens (including phenoxy) is 3. The third-order valence-corrected chi connectivity index (χ3v) is 5.09. The Morgan fingerprint density at radius 3 is 2.92 bits per heavy atom. The number of halogens is 1. The van der Waals surface area contributed by atoms with Crippen molar-refractivity contribution in [2.45, 2.75) is 13.3 Å². The van der Waals surface area contributed by atoms with Gasteiger partial charge >= 0.3 is 5.97 Å². The van der Waals surface area contributed by atoms with Gasteiger partial charge in [-0.3, -0.25) is 0 Å². The van der Waals surface area contributed by atoms with Gasteiger partial charge in [-0.1, -0.05) is 21.1 Å². The molecule has 4 rings (SSSR count). The first-order valence-corrected chi connectivity index (χ1v) is 9.35. The van der Waals surface area contributed by atoms with Crippen molar-refractivity contribution < 1.29 is 23.5 Å². The molecule has 3 aromatic rings. The van der Waals surface area contributed by atoms with E-state index in [-0.39, 0.29) is 17.7 Å². The van der Waals surface area contributed by atoms with Crippen molar-refractivity contribution in [3.8, 4) is 23.1 Å². The summed E-state index contributed by atoms with van der Waals surface area (Å²) < 4.78 is 21.8. The first-order valence-electron chi connectivity index (χ1n) is 7.67. The van der Waals surface area contributed by atoms with Crippen molar-refractivity contribution in [3.05, 3.63) is 38.4 Å². The Bertz CT molecular complexity index is 971. The molecule has 8 nitrogen and oxygen atoms in total. The van der Waals surface area contributed by atoms with E-state index in [0.29, 0.717) is 36.0 Å². The summed E-state index contributed by atoms with van der Waals surface area (Å²) >= 11 is 4.68. The van der Waals surface area contributed by atoms with E-state index in [1.807, 2.05) is 12.1 Å². The van der Waals surface area contributed by atoms with Gasteiger partial charge in [0.1, 0.15) is 5.69 Å². The fraction of sp³-hybridized carbons (Fsp3) is 0.250. The summed E-state index contributed by atoms with van der Waals surface area (Å²) in [5, 5.41) is 5.91. The Balaban J connectivity index is 1.53. The molecule has 10 heteroatoms. The second kappa shape index (κ2) is 7.04. The zero-order chi connectivity index (χ0) is 18.1. The molecule has 0 aliphatic carbocycles. The van der Waals surface area contributed by atoms with Crippen LogP contribution in [-0.2, 0) is 11.2 Å². The fourth-order valence-electron chi connectivity index (χ4n) is 2.35. The van der Waals surface area contributed by atoms with Crippen LogP contribution in [0.15, 0.2) is 26.5 Å². The zero-order valence-corrected chi connectivity index (χ0v) is 15.9. The summed E-state index contributed by atoms with van der Waals surface area (Å²) in [6.45, 7) is 2.25. The minimum absolute atomic E-state index is 0.213. The van der Waals surface area contributed by atoms with Gasteiger partial charge in [0.05, 0.1) is 6.61 Å². The van der Waals surface area contributed by atoms with Crippen LogP contribution in [-0.4, -0.2) is 34.5 Å². The van der Waals surface area contributed by atoms with Crippen LogP contribution in [0.1, 0.15) is 28.1 Å². The highest BCUT2D eigenvalue weighted by Crippen LogP contribution is 2.37. The molecule has 3 heterocycles. The lowest BCUT2D eigenvalue weighted by molar-refractivity contribution is 0.0526. The minimum Gasteiger partial charge on any atom is -0.461 e. The molecule has 0 saturated heterocycles. The van der Waals surface area contributed by atoms with Gasteiger partial charge in [0.25, 0.3) is 5.89 Å². The van der Waals surface area contributed by atoms with E-state index >= 15 is 0 Å². The molecule has 26 heavy (non-hydrogen) atoms. The van der Waals surface area contributed by atoms with Crippen molar-refractivity contribution in [1.29, 1.82) is 0 Å². The highest BCUT2D eigenvalue weighted by atomic mass is 79.9. The van der Waals surface area contributed by atoms with Gasteiger partial charge < -0.3 is 18.7 Å². The predicted octanol–water partition coefficient (Wildman–Crippen LogP) is 3.45. The molecule has 0 radical (unpaired) electrons. The molecule has 0 fully saturated rings. The van der Waals surface area contributed by atoms with E-state index in [1.54, 1.807) is 12.3 Å². The molecule has 1 aromatic carbocycles. The molecule has 0 bridgehead atoms. The topological polar surface area (TPSA) is 96.6 Å². The van der Waals surface area contributed by atoms with E-state index in [9.17, 15) is 4.79 Å². The Morgan fingerprint density at radius 1 is 1.31 bits per heavy atom. The summed E-state index contributed by atoms with van der Waals surface area (Å²) in [7, 11) is 0. The molecule has 0 amide bonds. The number of hydrogen-bond donors (Lipinski definition) is 0. The molecule has 1 aliphatic rings. The molecule has 1 aliphatic heterocycles. The molecule has 134 valence electrons. The molecule has 2 aromatic heterocycles. The maximum Gasteiger partial charge on any atom is 0.367 e. The van der Waals surface area contributed by atoms with Crippen LogP contribution < -0.4 is 9.47 Å². The van der Waals surface area contributed by atoms with Crippen LogP contribution in [0.3, 0.4) is 0 Å². The second-order valence-electron chi connectivity index (χ2n) is 5.25. The number of nitrogens with zero attached hydrogens (tertiary/aromatic N) is 3. The van der Waals surface area contributed by atoms with Gasteiger partial charge in [0.2, 0.25) is 11.8 Å². The summed E-state index contributed by atoms with van der Waals surface area (Å²) in [5.41, 5.74) is 1.38. The lowest BCUT2D eigenvalue weighted by atomic mass is 10.1. The summed E-state index contributed by atoms with van der Waals surface area (Å²) in [6.07, 6.45) is 0.440. The van der Waals surface area contributed by atoms with Gasteiger partial charge in [0.15, 0.2) is 17.3 Å². The predicted molar refractivity (Wildman–Crippen MR) is 94.4 cm³/mol. The summed E-state index contributed by atoms with van der Waals surface area (Å²) in [4.78, 5) is 20.2. The molecule has 0 unspecified atom stereocenters. The van der Waals surface area contributed by atoms with Crippen molar-refractivity contribution in [2.24, 2.45) is 0 Å². The Kier molecular flexibility index (Phi) is 4.60. The average molecular weight is 438 g/mol. The van der Waals surface area contributed by atoms with E-state index in [1.165, 1.54) is 11.3 Å². The van der Waals surface area contributed by atoms with Crippen molar-refractivity contribution in [1.82, 2.24) is 15.1 Å². The van der Waals surface area contributed by atoms with Crippen molar-refractivity contribution in [3.63, 3.8) is 0 Å². The first kappa shape index (κ1) is 17.0. The number of aromatic nitrogens is 3. The van der Waals surface area contributed by atoms with Gasteiger partial charge in [-0.25, -0.2) is 9.78 Å². The Labute approximate surface area is 160 Å². The lowest BCUT2D eigenvalue weighted by Crippen LogP contribution is -2.03. The van der Waals surface area contributed by atoms with Gasteiger partial charge in [-0.2, -0.15) is 4.98 Å². The van der Waals surface area contributed by atoms with Crippen LogP contribution in [0.25, 0.3) is 11.6 Å². The summed E-state index contributed by atoms with van der Waals surface area (Å²) in [6, 6.07) is 3.73. The number of fused-ring (bicyclic) bond motifs is 1. The summed E-state index contributed by atoms with van der Waals surface area (Å²) in [5.74, 6) is 1.66. The molecule has 0 saturated carbocycles. The second-order valence-corrected chi connectivity index (χ2v) is 6.96. The third kappa shape index (κ3) is 3.29. The minimum atomic E-state index is -0.465.